The summed E-state index contributed by atoms with van der Waals surface area (Å²) >= 11 is 0. The normalized spacial score (nSPS) is 13.2. The summed E-state index contributed by atoms with van der Waals surface area (Å²) in [6, 6.07) is 3.92. The smallest absolute Gasteiger partial charge is 0.269 e. The fraction of sp³-hybridized carbons (Fsp3) is 0.385. The van der Waals surface area contributed by atoms with Crippen LogP contribution in [0.2, 0.25) is 0 Å². The van der Waals surface area contributed by atoms with Gasteiger partial charge in [-0.1, -0.05) is 0 Å². The molecule has 0 aliphatic rings. The van der Waals surface area contributed by atoms with Crippen molar-refractivity contribution >= 4 is 17.6 Å². The van der Waals surface area contributed by atoms with Crippen molar-refractivity contribution in [2.75, 3.05) is 6.61 Å². The molecule has 9 nitrogen and oxygen atoms in total. The number of hydrogen-bond donors (Lipinski definition) is 3. The first-order chi connectivity index (χ1) is 10.3. The Bertz CT molecular complexity index is 544. The number of amides is 1. The van der Waals surface area contributed by atoms with Crippen LogP contribution >= 0.6 is 0 Å². The van der Waals surface area contributed by atoms with Crippen LogP contribution in [0.5, 0.6) is 0 Å². The molecule has 3 N–H and O–H groups in total. The summed E-state index contributed by atoms with van der Waals surface area (Å²) in [5, 5.41) is 42.4. The van der Waals surface area contributed by atoms with Gasteiger partial charge in [-0.2, -0.15) is 0 Å². The van der Waals surface area contributed by atoms with Crippen molar-refractivity contribution < 1.29 is 29.8 Å². The standard InChI is InChI=1S/C13H16N2O7/c16-7-10(14-11(17)5-6-12(18)19)13(20)8-1-3-9(4-2-8)15(21)22/h1-4,10,13,16,20H,5-7H2,(H,14,17)(H,18,19)/p-1/t10-,13-/m0/s1. The number of non-ortho nitro benzene ring substituents is 1. The van der Waals surface area contributed by atoms with E-state index in [4.69, 9.17) is 0 Å². The molecule has 0 radical (unpaired) electrons. The first kappa shape index (κ1) is 17.5. The summed E-state index contributed by atoms with van der Waals surface area (Å²) in [5.74, 6) is -2.05. The van der Waals surface area contributed by atoms with E-state index in [9.17, 15) is 35.0 Å². The average molecular weight is 311 g/mol. The monoisotopic (exact) mass is 311 g/mol. The fourth-order valence-corrected chi connectivity index (χ4v) is 1.74. The zero-order valence-electron chi connectivity index (χ0n) is 11.5. The molecule has 9 heteroatoms. The third kappa shape index (κ3) is 5.11. The molecule has 1 aromatic carbocycles. The Balaban J connectivity index is 2.70. The minimum atomic E-state index is -1.38. The van der Waals surface area contributed by atoms with Crippen molar-refractivity contribution in [2.45, 2.75) is 25.0 Å². The molecule has 1 rings (SSSR count). The van der Waals surface area contributed by atoms with Gasteiger partial charge in [0, 0.05) is 24.5 Å². The number of aliphatic carboxylic acids is 1. The highest BCUT2D eigenvalue weighted by molar-refractivity contribution is 5.80. The number of nitrogens with one attached hydrogen (secondary N) is 1. The van der Waals surface area contributed by atoms with Gasteiger partial charge in [0.05, 0.1) is 17.6 Å². The molecule has 1 amide bonds. The van der Waals surface area contributed by atoms with Crippen LogP contribution in [0.25, 0.3) is 0 Å². The molecule has 1 aromatic rings. The molecule has 22 heavy (non-hydrogen) atoms. The zero-order valence-corrected chi connectivity index (χ0v) is 11.5. The Morgan fingerprint density at radius 1 is 1.23 bits per heavy atom. The number of aliphatic hydroxyl groups is 2. The number of nitrogens with zero attached hydrogens (tertiary/aromatic N) is 1. The molecule has 0 unspecified atom stereocenters. The molecule has 0 spiro atoms. The van der Waals surface area contributed by atoms with Crippen LogP contribution in [0.4, 0.5) is 5.69 Å². The van der Waals surface area contributed by atoms with E-state index in [0.717, 1.165) is 0 Å². The molecule has 0 fully saturated rings. The lowest BCUT2D eigenvalue weighted by molar-refractivity contribution is -0.384. The highest BCUT2D eigenvalue weighted by Gasteiger charge is 2.22. The predicted molar refractivity (Wildman–Crippen MR) is 71.3 cm³/mol. The van der Waals surface area contributed by atoms with Gasteiger partial charge >= 0.3 is 0 Å². The molecule has 0 heterocycles. The lowest BCUT2D eigenvalue weighted by atomic mass is 10.0. The van der Waals surface area contributed by atoms with Crippen LogP contribution in [-0.2, 0) is 9.59 Å². The highest BCUT2D eigenvalue weighted by Crippen LogP contribution is 2.20. The van der Waals surface area contributed by atoms with E-state index < -0.39 is 42.0 Å². The number of benzene rings is 1. The predicted octanol–water partition coefficient (Wildman–Crippen LogP) is -1.36. The van der Waals surface area contributed by atoms with Gasteiger partial charge in [0.1, 0.15) is 6.10 Å². The minimum absolute atomic E-state index is 0.158. The van der Waals surface area contributed by atoms with Crippen molar-refractivity contribution in [3.05, 3.63) is 39.9 Å². The number of carboxylic acids is 1. The van der Waals surface area contributed by atoms with E-state index in [-0.39, 0.29) is 17.7 Å². The minimum Gasteiger partial charge on any atom is -0.550 e. The number of nitro benzene ring substituents is 1. The van der Waals surface area contributed by atoms with E-state index >= 15 is 0 Å². The maximum absolute atomic E-state index is 11.5. The molecule has 2 atom stereocenters. The maximum atomic E-state index is 11.5. The number of rotatable bonds is 8. The van der Waals surface area contributed by atoms with E-state index in [1.165, 1.54) is 24.3 Å². The molecule has 0 saturated carbocycles. The number of carbonyl (C=O) groups excluding carboxylic acids is 2. The second kappa shape index (κ2) is 8.05. The maximum Gasteiger partial charge on any atom is 0.269 e. The average Bonchev–Trinajstić information content (AvgIpc) is 2.50. The number of carboxylic acid groups (broad SMARTS) is 1. The number of nitro groups is 1. The van der Waals surface area contributed by atoms with Crippen LogP contribution in [0, 0.1) is 10.1 Å². The quantitative estimate of drug-likeness (QED) is 0.395. The largest absolute Gasteiger partial charge is 0.550 e. The van der Waals surface area contributed by atoms with Crippen LogP contribution in [0.3, 0.4) is 0 Å². The van der Waals surface area contributed by atoms with Crippen molar-refractivity contribution in [2.24, 2.45) is 0 Å². The summed E-state index contributed by atoms with van der Waals surface area (Å²) in [6.45, 7) is -0.588. The highest BCUT2D eigenvalue weighted by atomic mass is 16.6. The number of aliphatic hydroxyl groups excluding tert-OH is 2. The van der Waals surface area contributed by atoms with E-state index in [2.05, 4.69) is 5.32 Å². The Morgan fingerprint density at radius 3 is 2.27 bits per heavy atom. The summed E-state index contributed by atoms with van der Waals surface area (Å²) in [4.78, 5) is 31.7. The lowest BCUT2D eigenvalue weighted by Gasteiger charge is -2.22. The Morgan fingerprint density at radius 2 is 1.82 bits per heavy atom. The summed E-state index contributed by atoms with van der Waals surface area (Å²) < 4.78 is 0. The van der Waals surface area contributed by atoms with Gasteiger partial charge in [-0.25, -0.2) is 0 Å². The second-order valence-electron chi connectivity index (χ2n) is 4.52. The van der Waals surface area contributed by atoms with Crippen molar-refractivity contribution in [1.82, 2.24) is 5.32 Å². The molecule has 0 aromatic heterocycles. The van der Waals surface area contributed by atoms with Crippen LogP contribution in [0.1, 0.15) is 24.5 Å². The topological polar surface area (TPSA) is 153 Å². The zero-order chi connectivity index (χ0) is 16.7. The van der Waals surface area contributed by atoms with Gasteiger partial charge in [-0.15, -0.1) is 0 Å². The second-order valence-corrected chi connectivity index (χ2v) is 4.52. The SMILES string of the molecule is O=C([O-])CCC(=O)N[C@@H](CO)[C@@H](O)c1ccc([N+](=O)[O-])cc1. The van der Waals surface area contributed by atoms with Gasteiger partial charge in [0.25, 0.3) is 5.69 Å². The summed E-state index contributed by atoms with van der Waals surface area (Å²) in [6.07, 6.45) is -2.11. The first-order valence-electron chi connectivity index (χ1n) is 6.37. The van der Waals surface area contributed by atoms with Crippen LogP contribution in [0.15, 0.2) is 24.3 Å². The molecule has 120 valence electrons. The fourth-order valence-electron chi connectivity index (χ4n) is 1.74. The van der Waals surface area contributed by atoms with E-state index in [1.54, 1.807) is 0 Å². The van der Waals surface area contributed by atoms with Gasteiger partial charge < -0.3 is 25.4 Å². The van der Waals surface area contributed by atoms with Crippen molar-refractivity contribution in [3.63, 3.8) is 0 Å². The van der Waals surface area contributed by atoms with Gasteiger partial charge in [-0.05, 0) is 24.1 Å². The summed E-state index contributed by atoms with van der Waals surface area (Å²) in [5.41, 5.74) is 0.111. The number of carbonyl (C=O) groups is 2. The molecular formula is C13H15N2O7-. The van der Waals surface area contributed by atoms with E-state index in [0.29, 0.717) is 0 Å². The molecule has 0 saturated heterocycles. The number of hydrogen-bond acceptors (Lipinski definition) is 7. The Kier molecular flexibility index (Phi) is 6.42. The first-order valence-corrected chi connectivity index (χ1v) is 6.37. The lowest BCUT2D eigenvalue weighted by Crippen LogP contribution is -2.42. The van der Waals surface area contributed by atoms with Gasteiger partial charge in [-0.3, -0.25) is 14.9 Å². The molecule has 0 bridgehead atoms. The van der Waals surface area contributed by atoms with Gasteiger partial charge in [0.15, 0.2) is 0 Å². The van der Waals surface area contributed by atoms with Gasteiger partial charge in [0.2, 0.25) is 5.91 Å². The van der Waals surface area contributed by atoms with Crippen LogP contribution in [-0.4, -0.2) is 39.7 Å². The third-order valence-corrected chi connectivity index (χ3v) is 2.93. The van der Waals surface area contributed by atoms with Crippen molar-refractivity contribution in [3.8, 4) is 0 Å². The van der Waals surface area contributed by atoms with Crippen LogP contribution < -0.4 is 10.4 Å². The third-order valence-electron chi connectivity index (χ3n) is 2.93. The Hall–Kier alpha value is -2.52. The summed E-state index contributed by atoms with van der Waals surface area (Å²) in [7, 11) is 0. The molecule has 0 aliphatic carbocycles. The van der Waals surface area contributed by atoms with Crippen molar-refractivity contribution in [1.29, 1.82) is 0 Å². The molecular weight excluding hydrogens is 296 g/mol. The Labute approximate surface area is 125 Å². The molecule has 0 aliphatic heterocycles. The van der Waals surface area contributed by atoms with E-state index in [1.807, 2.05) is 0 Å².